The van der Waals surface area contributed by atoms with E-state index in [0.717, 1.165) is 10.4 Å². The lowest BCUT2D eigenvalue weighted by Crippen LogP contribution is -2.15. The Morgan fingerprint density at radius 3 is 2.68 bits per heavy atom. The zero-order valence-electron chi connectivity index (χ0n) is 10.6. The molecule has 0 spiro atoms. The summed E-state index contributed by atoms with van der Waals surface area (Å²) in [5.41, 5.74) is 0.793. The van der Waals surface area contributed by atoms with Crippen LogP contribution >= 0.6 is 11.8 Å². The molecule has 1 heterocycles. The Kier molecular flexibility index (Phi) is 4.01. The number of benzene rings is 1. The van der Waals surface area contributed by atoms with Crippen molar-refractivity contribution >= 4 is 28.6 Å². The van der Waals surface area contributed by atoms with Gasteiger partial charge in [-0.05, 0) is 25.1 Å². The third-order valence-corrected chi connectivity index (χ3v) is 4.14. The van der Waals surface area contributed by atoms with E-state index in [9.17, 15) is 9.90 Å². The van der Waals surface area contributed by atoms with Gasteiger partial charge in [0.2, 0.25) is 0 Å². The van der Waals surface area contributed by atoms with Gasteiger partial charge in [-0.1, -0.05) is 18.7 Å². The topological polar surface area (TPSA) is 83.3 Å². The van der Waals surface area contributed by atoms with Crippen LogP contribution in [0, 0.1) is 0 Å². The molecule has 2 unspecified atom stereocenters. The van der Waals surface area contributed by atoms with E-state index < -0.39 is 12.1 Å². The number of aliphatic hydroxyl groups is 1. The maximum atomic E-state index is 10.9. The van der Waals surface area contributed by atoms with Gasteiger partial charge in [-0.15, -0.1) is 0 Å². The Hall–Kier alpha value is -1.66. The molecule has 0 aliphatic carbocycles. The van der Waals surface area contributed by atoms with Gasteiger partial charge in [-0.3, -0.25) is 0 Å². The lowest BCUT2D eigenvalue weighted by molar-refractivity contribution is 0.0697. The summed E-state index contributed by atoms with van der Waals surface area (Å²) >= 11 is 1.45. The summed E-state index contributed by atoms with van der Waals surface area (Å²) in [6, 6.07) is 4.76. The Bertz CT molecular complexity index is 616. The van der Waals surface area contributed by atoms with Crippen molar-refractivity contribution in [2.75, 3.05) is 0 Å². The molecule has 0 fully saturated rings. The lowest BCUT2D eigenvalue weighted by atomic mass is 10.1. The van der Waals surface area contributed by atoms with Crippen LogP contribution in [0.15, 0.2) is 29.6 Å². The monoisotopic (exact) mass is 278 g/mol. The van der Waals surface area contributed by atoms with Crippen molar-refractivity contribution in [3.8, 4) is 0 Å². The number of fused-ring (bicyclic) bond motifs is 1. The van der Waals surface area contributed by atoms with Crippen LogP contribution in [-0.4, -0.2) is 37.5 Å². The second-order valence-electron chi connectivity index (χ2n) is 4.28. The van der Waals surface area contributed by atoms with Gasteiger partial charge in [0, 0.05) is 10.6 Å². The number of hydrogen-bond donors (Lipinski definition) is 2. The molecular formula is C13H14N2O3S. The Morgan fingerprint density at radius 2 is 2.05 bits per heavy atom. The largest absolute Gasteiger partial charge is 0.478 e. The number of aromatic carboxylic acids is 1. The molecule has 0 aliphatic heterocycles. The number of nitrogens with zero attached hydrogens (tertiary/aromatic N) is 2. The second-order valence-corrected chi connectivity index (χ2v) is 5.65. The number of carbonyl (C=O) groups is 1. The fourth-order valence-corrected chi connectivity index (χ4v) is 2.49. The Balaban J connectivity index is 2.43. The molecule has 0 saturated carbocycles. The standard InChI is InChI=1S/C13H14N2O3S/c1-7(16)8(2)19-12-10-4-3-9(13(17)18)5-11(10)14-6-15-12/h3-8,16H,1-2H3,(H,17,18). The maximum Gasteiger partial charge on any atom is 0.335 e. The molecule has 0 saturated heterocycles. The quantitative estimate of drug-likeness (QED) is 0.659. The highest BCUT2D eigenvalue weighted by atomic mass is 32.2. The van der Waals surface area contributed by atoms with E-state index in [1.807, 2.05) is 6.92 Å². The molecule has 2 rings (SSSR count). The van der Waals surface area contributed by atoms with Gasteiger partial charge in [-0.25, -0.2) is 14.8 Å². The number of aromatic nitrogens is 2. The van der Waals surface area contributed by atoms with Gasteiger partial charge >= 0.3 is 5.97 Å². The van der Waals surface area contributed by atoms with Crippen LogP contribution in [0.25, 0.3) is 10.9 Å². The van der Waals surface area contributed by atoms with Crippen LogP contribution in [0.5, 0.6) is 0 Å². The van der Waals surface area contributed by atoms with Crippen LogP contribution in [0.1, 0.15) is 24.2 Å². The van der Waals surface area contributed by atoms with Crippen molar-refractivity contribution in [2.24, 2.45) is 0 Å². The average molecular weight is 278 g/mol. The zero-order valence-corrected chi connectivity index (χ0v) is 11.4. The van der Waals surface area contributed by atoms with Gasteiger partial charge in [0.25, 0.3) is 0 Å². The molecule has 1 aromatic carbocycles. The molecular weight excluding hydrogens is 264 g/mol. The third kappa shape index (κ3) is 3.02. The highest BCUT2D eigenvalue weighted by Gasteiger charge is 2.14. The van der Waals surface area contributed by atoms with Gasteiger partial charge in [0.05, 0.1) is 17.2 Å². The predicted octanol–water partition coefficient (Wildman–Crippen LogP) is 2.19. The first-order valence-corrected chi connectivity index (χ1v) is 6.70. The highest BCUT2D eigenvalue weighted by molar-refractivity contribution is 8.00. The maximum absolute atomic E-state index is 10.9. The van der Waals surface area contributed by atoms with Gasteiger partial charge in [0.15, 0.2) is 0 Å². The SMILES string of the molecule is CC(O)C(C)Sc1ncnc2cc(C(=O)O)ccc12. The van der Waals surface area contributed by atoms with Crippen molar-refractivity contribution < 1.29 is 15.0 Å². The van der Waals surface area contributed by atoms with E-state index in [4.69, 9.17) is 5.11 Å². The van der Waals surface area contributed by atoms with Crippen molar-refractivity contribution in [3.05, 3.63) is 30.1 Å². The first-order chi connectivity index (χ1) is 8.99. The number of hydrogen-bond acceptors (Lipinski definition) is 5. The van der Waals surface area contributed by atoms with Crippen molar-refractivity contribution in [2.45, 2.75) is 30.2 Å². The zero-order chi connectivity index (χ0) is 14.0. The molecule has 2 N–H and O–H groups in total. The van der Waals surface area contributed by atoms with E-state index >= 15 is 0 Å². The minimum atomic E-state index is -0.980. The van der Waals surface area contributed by atoms with Crippen LogP contribution in [0.4, 0.5) is 0 Å². The number of aliphatic hydroxyl groups excluding tert-OH is 1. The Morgan fingerprint density at radius 1 is 1.32 bits per heavy atom. The fraction of sp³-hybridized carbons (Fsp3) is 0.308. The number of thioether (sulfide) groups is 1. The van der Waals surface area contributed by atoms with Crippen molar-refractivity contribution in [3.63, 3.8) is 0 Å². The number of carboxylic acid groups (broad SMARTS) is 1. The summed E-state index contributed by atoms with van der Waals surface area (Å²) in [6.45, 7) is 3.64. The van der Waals surface area contributed by atoms with Crippen molar-refractivity contribution in [1.29, 1.82) is 0 Å². The molecule has 19 heavy (non-hydrogen) atoms. The van der Waals surface area contributed by atoms with Crippen LogP contribution in [-0.2, 0) is 0 Å². The molecule has 6 heteroatoms. The molecule has 2 aromatic rings. The number of carboxylic acids is 1. The summed E-state index contributed by atoms with van der Waals surface area (Å²) in [5.74, 6) is -0.980. The molecule has 100 valence electrons. The molecule has 5 nitrogen and oxygen atoms in total. The normalized spacial score (nSPS) is 14.3. The fourth-order valence-electron chi connectivity index (χ4n) is 1.53. The summed E-state index contributed by atoms with van der Waals surface area (Å²) in [6.07, 6.45) is 0.957. The summed E-state index contributed by atoms with van der Waals surface area (Å²) in [7, 11) is 0. The molecule has 0 bridgehead atoms. The minimum absolute atomic E-state index is 0.00255. The van der Waals surface area contributed by atoms with E-state index in [0.29, 0.717) is 5.52 Å². The molecule has 0 aliphatic rings. The second kappa shape index (κ2) is 5.54. The van der Waals surface area contributed by atoms with E-state index in [1.54, 1.807) is 13.0 Å². The predicted molar refractivity (Wildman–Crippen MR) is 73.5 cm³/mol. The van der Waals surface area contributed by atoms with Gasteiger partial charge in [0.1, 0.15) is 11.4 Å². The van der Waals surface area contributed by atoms with Crippen molar-refractivity contribution in [1.82, 2.24) is 9.97 Å². The van der Waals surface area contributed by atoms with Crippen LogP contribution in [0.2, 0.25) is 0 Å². The minimum Gasteiger partial charge on any atom is -0.478 e. The first-order valence-electron chi connectivity index (χ1n) is 5.82. The van der Waals surface area contributed by atoms with Crippen LogP contribution in [0.3, 0.4) is 0 Å². The van der Waals surface area contributed by atoms with Gasteiger partial charge in [-0.2, -0.15) is 0 Å². The first kappa shape index (κ1) is 13.8. The smallest absolute Gasteiger partial charge is 0.335 e. The van der Waals surface area contributed by atoms with E-state index in [-0.39, 0.29) is 10.8 Å². The third-order valence-electron chi connectivity index (χ3n) is 2.82. The van der Waals surface area contributed by atoms with Crippen LogP contribution < -0.4 is 0 Å². The lowest BCUT2D eigenvalue weighted by Gasteiger charge is -2.14. The summed E-state index contributed by atoms with van der Waals surface area (Å²) in [5, 5.41) is 20.0. The summed E-state index contributed by atoms with van der Waals surface area (Å²) in [4.78, 5) is 19.2. The highest BCUT2D eigenvalue weighted by Crippen LogP contribution is 2.29. The van der Waals surface area contributed by atoms with E-state index in [1.165, 1.54) is 30.2 Å². The van der Waals surface area contributed by atoms with E-state index in [2.05, 4.69) is 9.97 Å². The molecule has 0 amide bonds. The average Bonchev–Trinajstić information content (AvgIpc) is 2.38. The molecule has 2 atom stereocenters. The molecule has 1 aromatic heterocycles. The molecule has 0 radical (unpaired) electrons. The summed E-state index contributed by atoms with van der Waals surface area (Å²) < 4.78 is 0. The number of rotatable bonds is 4. The van der Waals surface area contributed by atoms with Gasteiger partial charge < -0.3 is 10.2 Å². The Labute approximate surface area is 114 Å².